The van der Waals surface area contributed by atoms with E-state index in [1.807, 2.05) is 0 Å². The van der Waals surface area contributed by atoms with Crippen LogP contribution in [0.1, 0.15) is 25.3 Å². The van der Waals surface area contributed by atoms with Crippen molar-refractivity contribution in [3.8, 4) is 5.88 Å². The van der Waals surface area contributed by atoms with E-state index >= 15 is 0 Å². The Hall–Kier alpha value is -1.30. The number of pyridine rings is 1. The SMILES string of the molecule is C[C@H]1CCN[C@H](COc2cc(C(F)(F)F)ccn2)C1. The Labute approximate surface area is 110 Å². The second-order valence-electron chi connectivity index (χ2n) is 4.97. The molecule has 1 aromatic heterocycles. The van der Waals surface area contributed by atoms with Gasteiger partial charge in [0.15, 0.2) is 0 Å². The lowest BCUT2D eigenvalue weighted by Gasteiger charge is -2.27. The van der Waals surface area contributed by atoms with E-state index in [9.17, 15) is 13.2 Å². The minimum Gasteiger partial charge on any atom is -0.476 e. The lowest BCUT2D eigenvalue weighted by molar-refractivity contribution is -0.137. The van der Waals surface area contributed by atoms with Crippen molar-refractivity contribution in [2.24, 2.45) is 5.92 Å². The van der Waals surface area contributed by atoms with Gasteiger partial charge in [-0.2, -0.15) is 13.2 Å². The maximum Gasteiger partial charge on any atom is 0.416 e. The van der Waals surface area contributed by atoms with Gasteiger partial charge in [0.1, 0.15) is 6.61 Å². The summed E-state index contributed by atoms with van der Waals surface area (Å²) in [6.45, 7) is 3.43. The Morgan fingerprint density at radius 3 is 2.95 bits per heavy atom. The quantitative estimate of drug-likeness (QED) is 0.920. The van der Waals surface area contributed by atoms with Gasteiger partial charge in [0.05, 0.1) is 5.56 Å². The number of hydrogen-bond acceptors (Lipinski definition) is 3. The van der Waals surface area contributed by atoms with Crippen molar-refractivity contribution in [2.45, 2.75) is 32.0 Å². The van der Waals surface area contributed by atoms with Crippen LogP contribution in [0.2, 0.25) is 0 Å². The molecule has 6 heteroatoms. The van der Waals surface area contributed by atoms with E-state index in [-0.39, 0.29) is 11.9 Å². The molecule has 0 spiro atoms. The Morgan fingerprint density at radius 1 is 1.47 bits per heavy atom. The zero-order chi connectivity index (χ0) is 13.9. The number of nitrogens with one attached hydrogen (secondary N) is 1. The first-order valence-corrected chi connectivity index (χ1v) is 6.34. The average Bonchev–Trinajstić information content (AvgIpc) is 2.36. The van der Waals surface area contributed by atoms with E-state index in [1.165, 1.54) is 0 Å². The number of hydrogen-bond donors (Lipinski definition) is 1. The van der Waals surface area contributed by atoms with Crippen LogP contribution in [-0.2, 0) is 6.18 Å². The number of nitrogens with zero attached hydrogens (tertiary/aromatic N) is 1. The summed E-state index contributed by atoms with van der Waals surface area (Å²) in [5.74, 6) is 0.638. The van der Waals surface area contributed by atoms with Crippen molar-refractivity contribution < 1.29 is 17.9 Å². The molecule has 2 atom stereocenters. The first kappa shape index (κ1) is 14.1. The average molecular weight is 274 g/mol. The first-order valence-electron chi connectivity index (χ1n) is 6.34. The van der Waals surface area contributed by atoms with Gasteiger partial charge in [-0.05, 0) is 31.4 Å². The molecular formula is C13H17F3N2O. The Bertz CT molecular complexity index is 423. The van der Waals surface area contributed by atoms with Gasteiger partial charge in [0.2, 0.25) is 5.88 Å². The number of halogens is 3. The Balaban J connectivity index is 1.92. The molecule has 106 valence electrons. The number of ether oxygens (including phenoxy) is 1. The highest BCUT2D eigenvalue weighted by atomic mass is 19.4. The van der Waals surface area contributed by atoms with E-state index < -0.39 is 11.7 Å². The Kier molecular flexibility index (Phi) is 4.29. The highest BCUT2D eigenvalue weighted by molar-refractivity contribution is 5.22. The molecule has 1 fully saturated rings. The number of aromatic nitrogens is 1. The monoisotopic (exact) mass is 274 g/mol. The molecule has 0 aromatic carbocycles. The zero-order valence-corrected chi connectivity index (χ0v) is 10.7. The molecule has 19 heavy (non-hydrogen) atoms. The number of piperidine rings is 1. The van der Waals surface area contributed by atoms with E-state index in [0.29, 0.717) is 12.5 Å². The third-order valence-corrected chi connectivity index (χ3v) is 3.25. The van der Waals surface area contributed by atoms with Crippen LogP contribution in [0.5, 0.6) is 5.88 Å². The summed E-state index contributed by atoms with van der Waals surface area (Å²) in [6.07, 6.45) is -1.15. The minimum atomic E-state index is -4.36. The molecule has 0 aliphatic carbocycles. The maximum atomic E-state index is 12.5. The second-order valence-corrected chi connectivity index (χ2v) is 4.97. The summed E-state index contributed by atoms with van der Waals surface area (Å²) < 4.78 is 42.9. The van der Waals surface area contributed by atoms with Gasteiger partial charge < -0.3 is 10.1 Å². The third-order valence-electron chi connectivity index (χ3n) is 3.25. The molecule has 0 saturated carbocycles. The van der Waals surface area contributed by atoms with Crippen LogP contribution >= 0.6 is 0 Å². The minimum absolute atomic E-state index is 0.0230. The summed E-state index contributed by atoms with van der Waals surface area (Å²) >= 11 is 0. The molecule has 0 bridgehead atoms. The molecule has 2 rings (SSSR count). The second kappa shape index (κ2) is 5.77. The molecule has 3 nitrogen and oxygen atoms in total. The molecule has 1 saturated heterocycles. The van der Waals surface area contributed by atoms with Crippen LogP contribution in [0.15, 0.2) is 18.3 Å². The molecule has 0 amide bonds. The molecule has 1 N–H and O–H groups in total. The van der Waals surface area contributed by atoms with Gasteiger partial charge in [0, 0.05) is 18.3 Å². The fourth-order valence-corrected chi connectivity index (χ4v) is 2.20. The van der Waals surface area contributed by atoms with Crippen molar-refractivity contribution >= 4 is 0 Å². The maximum absolute atomic E-state index is 12.5. The van der Waals surface area contributed by atoms with E-state index in [0.717, 1.165) is 37.7 Å². The fourth-order valence-electron chi connectivity index (χ4n) is 2.20. The van der Waals surface area contributed by atoms with E-state index in [1.54, 1.807) is 0 Å². The van der Waals surface area contributed by atoms with Crippen LogP contribution in [-0.4, -0.2) is 24.2 Å². The van der Waals surface area contributed by atoms with E-state index in [2.05, 4.69) is 17.2 Å². The summed E-state index contributed by atoms with van der Waals surface area (Å²) in [6, 6.07) is 2.06. The topological polar surface area (TPSA) is 34.1 Å². The number of rotatable bonds is 3. The standard InChI is InChI=1S/C13H17F3N2O/c1-9-2-4-17-11(6-9)8-19-12-7-10(3-5-18-12)13(14,15)16/h3,5,7,9,11,17H,2,4,6,8H2,1H3/t9-,11-/m0/s1. The predicted octanol–water partition coefficient (Wildman–Crippen LogP) is 2.87. The fraction of sp³-hybridized carbons (Fsp3) is 0.615. The predicted molar refractivity (Wildman–Crippen MR) is 64.9 cm³/mol. The number of alkyl halides is 3. The summed E-state index contributed by atoms with van der Waals surface area (Å²) in [4.78, 5) is 3.81. The van der Waals surface area contributed by atoms with Gasteiger partial charge >= 0.3 is 6.18 Å². The van der Waals surface area contributed by atoms with Crippen LogP contribution < -0.4 is 10.1 Å². The first-order chi connectivity index (χ1) is 8.95. The lowest BCUT2D eigenvalue weighted by Crippen LogP contribution is -2.41. The van der Waals surface area contributed by atoms with Gasteiger partial charge in [-0.1, -0.05) is 6.92 Å². The van der Waals surface area contributed by atoms with Crippen molar-refractivity contribution in [3.05, 3.63) is 23.9 Å². The van der Waals surface area contributed by atoms with Crippen molar-refractivity contribution in [3.63, 3.8) is 0 Å². The van der Waals surface area contributed by atoms with Gasteiger partial charge in [-0.3, -0.25) is 0 Å². The van der Waals surface area contributed by atoms with Crippen LogP contribution in [0.4, 0.5) is 13.2 Å². The molecule has 1 aliphatic heterocycles. The molecule has 2 heterocycles. The van der Waals surface area contributed by atoms with Crippen LogP contribution in [0.3, 0.4) is 0 Å². The molecule has 0 radical (unpaired) electrons. The smallest absolute Gasteiger partial charge is 0.416 e. The largest absolute Gasteiger partial charge is 0.476 e. The molecular weight excluding hydrogens is 257 g/mol. The molecule has 0 unspecified atom stereocenters. The normalized spacial score (nSPS) is 24.2. The van der Waals surface area contributed by atoms with Crippen LogP contribution in [0.25, 0.3) is 0 Å². The van der Waals surface area contributed by atoms with Crippen molar-refractivity contribution in [1.82, 2.24) is 10.3 Å². The molecule has 1 aliphatic rings. The zero-order valence-electron chi connectivity index (χ0n) is 10.7. The Morgan fingerprint density at radius 2 is 2.26 bits per heavy atom. The van der Waals surface area contributed by atoms with Crippen LogP contribution in [0, 0.1) is 5.92 Å². The highest BCUT2D eigenvalue weighted by Gasteiger charge is 2.31. The summed E-state index contributed by atoms with van der Waals surface area (Å²) in [5, 5.41) is 3.29. The van der Waals surface area contributed by atoms with Gasteiger partial charge in [0.25, 0.3) is 0 Å². The molecule has 1 aromatic rings. The van der Waals surface area contributed by atoms with Crippen molar-refractivity contribution in [2.75, 3.05) is 13.2 Å². The van der Waals surface area contributed by atoms with E-state index in [4.69, 9.17) is 4.74 Å². The van der Waals surface area contributed by atoms with Crippen molar-refractivity contribution in [1.29, 1.82) is 0 Å². The third kappa shape index (κ3) is 4.09. The van der Waals surface area contributed by atoms with Gasteiger partial charge in [-0.15, -0.1) is 0 Å². The summed E-state index contributed by atoms with van der Waals surface area (Å²) in [7, 11) is 0. The lowest BCUT2D eigenvalue weighted by atomic mass is 9.95. The van der Waals surface area contributed by atoms with Gasteiger partial charge in [-0.25, -0.2) is 4.98 Å². The summed E-state index contributed by atoms with van der Waals surface area (Å²) in [5.41, 5.74) is -0.734. The highest BCUT2D eigenvalue weighted by Crippen LogP contribution is 2.30.